The van der Waals surface area contributed by atoms with Gasteiger partial charge in [0.25, 0.3) is 0 Å². The Labute approximate surface area is 143 Å². The number of nitro groups is 1. The summed E-state index contributed by atoms with van der Waals surface area (Å²) in [7, 11) is 3.08. The molecule has 0 aliphatic carbocycles. The molecule has 10 heteroatoms. The highest BCUT2D eigenvalue weighted by Gasteiger charge is 2.14. The number of rotatable bonds is 9. The second-order valence-electron chi connectivity index (χ2n) is 4.88. The van der Waals surface area contributed by atoms with Crippen molar-refractivity contribution in [3.8, 4) is 11.5 Å². The number of anilines is 1. The summed E-state index contributed by atoms with van der Waals surface area (Å²) in [6.07, 6.45) is 1.37. The zero-order valence-electron chi connectivity index (χ0n) is 13.8. The van der Waals surface area contributed by atoms with E-state index < -0.39 is 4.92 Å². The van der Waals surface area contributed by atoms with Gasteiger partial charge in [0.15, 0.2) is 11.5 Å². The normalized spacial score (nSPS) is 10.3. The van der Waals surface area contributed by atoms with Gasteiger partial charge in [0, 0.05) is 18.9 Å². The molecule has 2 aromatic rings. The maximum atomic E-state index is 12.1. The van der Waals surface area contributed by atoms with Crippen LogP contribution < -0.4 is 14.8 Å². The third-order valence-corrected chi connectivity index (χ3v) is 3.11. The maximum absolute atomic E-state index is 12.1. The fourth-order valence-corrected chi connectivity index (χ4v) is 1.99. The van der Waals surface area contributed by atoms with Gasteiger partial charge < -0.3 is 29.6 Å². The average Bonchev–Trinajstić information content (AvgIpc) is 3.04. The Kier molecular flexibility index (Phi) is 6.29. The average molecular weight is 350 g/mol. The third-order valence-electron chi connectivity index (χ3n) is 3.11. The highest BCUT2D eigenvalue weighted by atomic mass is 16.6. The molecule has 0 aliphatic rings. The van der Waals surface area contributed by atoms with Crippen LogP contribution in [-0.2, 0) is 16.1 Å². The fraction of sp³-hybridized carbons (Fsp3) is 0.333. The SMILES string of the molecule is COCCOc1cc(NC(=O)Cn2ccc([N+](=O)[O-])n2)ccc1OC. The van der Waals surface area contributed by atoms with Gasteiger partial charge in [0.05, 0.1) is 31.1 Å². The number of amides is 1. The molecule has 10 nitrogen and oxygen atoms in total. The Morgan fingerprint density at radius 1 is 1.28 bits per heavy atom. The van der Waals surface area contributed by atoms with Crippen molar-refractivity contribution >= 4 is 17.4 Å². The Hall–Kier alpha value is -3.14. The first-order valence-corrected chi connectivity index (χ1v) is 7.31. The zero-order valence-corrected chi connectivity index (χ0v) is 13.8. The summed E-state index contributed by atoms with van der Waals surface area (Å²) < 4.78 is 16.9. The minimum absolute atomic E-state index is 0.153. The van der Waals surface area contributed by atoms with Gasteiger partial charge in [-0.3, -0.25) is 4.79 Å². The molecule has 0 saturated carbocycles. The number of hydrogen-bond acceptors (Lipinski definition) is 7. The van der Waals surface area contributed by atoms with Crippen LogP contribution in [0.3, 0.4) is 0 Å². The van der Waals surface area contributed by atoms with E-state index in [2.05, 4.69) is 10.4 Å². The molecule has 1 aromatic carbocycles. The predicted molar refractivity (Wildman–Crippen MR) is 87.9 cm³/mol. The van der Waals surface area contributed by atoms with E-state index in [1.165, 1.54) is 24.1 Å². The number of nitrogens with one attached hydrogen (secondary N) is 1. The first-order valence-electron chi connectivity index (χ1n) is 7.31. The first-order chi connectivity index (χ1) is 12.0. The molecule has 1 N–H and O–H groups in total. The predicted octanol–water partition coefficient (Wildman–Crippen LogP) is 1.46. The molecule has 2 rings (SSSR count). The quantitative estimate of drug-likeness (QED) is 0.413. The Balaban J connectivity index is 2.01. The van der Waals surface area contributed by atoms with E-state index in [4.69, 9.17) is 14.2 Å². The maximum Gasteiger partial charge on any atom is 0.389 e. The second kappa shape index (κ2) is 8.64. The summed E-state index contributed by atoms with van der Waals surface area (Å²) in [5.41, 5.74) is 0.500. The topological polar surface area (TPSA) is 118 Å². The third kappa shape index (κ3) is 5.18. The van der Waals surface area contributed by atoms with E-state index in [0.717, 1.165) is 0 Å². The van der Waals surface area contributed by atoms with Crippen molar-refractivity contribution in [3.63, 3.8) is 0 Å². The highest BCUT2D eigenvalue weighted by molar-refractivity contribution is 5.90. The number of methoxy groups -OCH3 is 2. The van der Waals surface area contributed by atoms with Crippen molar-refractivity contribution in [2.75, 3.05) is 32.8 Å². The summed E-state index contributed by atoms with van der Waals surface area (Å²) in [6, 6.07) is 6.17. The van der Waals surface area contributed by atoms with Crippen LogP contribution in [0.4, 0.5) is 11.5 Å². The van der Waals surface area contributed by atoms with Gasteiger partial charge in [-0.1, -0.05) is 0 Å². The van der Waals surface area contributed by atoms with Gasteiger partial charge in [-0.15, -0.1) is 0 Å². The lowest BCUT2D eigenvalue weighted by atomic mass is 10.2. The summed E-state index contributed by atoms with van der Waals surface area (Å²) in [6.45, 7) is 0.596. The lowest BCUT2D eigenvalue weighted by molar-refractivity contribution is -0.389. The number of nitrogens with zero attached hydrogens (tertiary/aromatic N) is 3. The molecule has 1 amide bonds. The van der Waals surface area contributed by atoms with Crippen molar-refractivity contribution in [2.24, 2.45) is 0 Å². The molecule has 0 bridgehead atoms. The standard InChI is InChI=1S/C15H18N4O6/c1-23-7-8-25-13-9-11(3-4-12(13)24-2)16-15(20)10-18-6-5-14(17-18)19(21)22/h3-6,9H,7-8,10H2,1-2H3,(H,16,20). The summed E-state index contributed by atoms with van der Waals surface area (Å²) in [5.74, 6) is 0.293. The van der Waals surface area contributed by atoms with Crippen LogP contribution in [0.2, 0.25) is 0 Å². The molecular weight excluding hydrogens is 332 g/mol. The molecule has 0 saturated heterocycles. The number of aromatic nitrogens is 2. The van der Waals surface area contributed by atoms with E-state index in [1.807, 2.05) is 0 Å². The Morgan fingerprint density at radius 2 is 2.08 bits per heavy atom. The molecule has 1 heterocycles. The first kappa shape index (κ1) is 18.2. The molecule has 134 valence electrons. The number of carbonyl (C=O) groups is 1. The summed E-state index contributed by atoms with van der Waals surface area (Å²) >= 11 is 0. The van der Waals surface area contributed by atoms with Gasteiger partial charge in [-0.05, 0) is 17.1 Å². The molecular formula is C15H18N4O6. The minimum atomic E-state index is -0.624. The lowest BCUT2D eigenvalue weighted by Gasteiger charge is -2.12. The van der Waals surface area contributed by atoms with Crippen molar-refractivity contribution in [1.82, 2.24) is 9.78 Å². The Morgan fingerprint density at radius 3 is 2.72 bits per heavy atom. The lowest BCUT2D eigenvalue weighted by Crippen LogP contribution is -2.19. The second-order valence-corrected chi connectivity index (χ2v) is 4.88. The highest BCUT2D eigenvalue weighted by Crippen LogP contribution is 2.30. The van der Waals surface area contributed by atoms with Gasteiger partial charge in [-0.2, -0.15) is 4.68 Å². The molecule has 25 heavy (non-hydrogen) atoms. The van der Waals surface area contributed by atoms with E-state index in [0.29, 0.717) is 30.4 Å². The van der Waals surface area contributed by atoms with Crippen molar-refractivity contribution in [1.29, 1.82) is 0 Å². The van der Waals surface area contributed by atoms with E-state index >= 15 is 0 Å². The van der Waals surface area contributed by atoms with Crippen LogP contribution in [0.5, 0.6) is 11.5 Å². The molecule has 0 atom stereocenters. The van der Waals surface area contributed by atoms with Crippen molar-refractivity contribution in [3.05, 3.63) is 40.6 Å². The minimum Gasteiger partial charge on any atom is -0.493 e. The largest absolute Gasteiger partial charge is 0.493 e. The van der Waals surface area contributed by atoms with Crippen LogP contribution in [0.1, 0.15) is 0 Å². The summed E-state index contributed by atoms with van der Waals surface area (Å²) in [5, 5.41) is 17.0. The van der Waals surface area contributed by atoms with Crippen LogP contribution >= 0.6 is 0 Å². The van der Waals surface area contributed by atoms with Crippen LogP contribution in [-0.4, -0.2) is 48.0 Å². The van der Waals surface area contributed by atoms with Crippen LogP contribution in [0.25, 0.3) is 0 Å². The van der Waals surface area contributed by atoms with Gasteiger partial charge in [-0.25, -0.2) is 0 Å². The number of ether oxygens (including phenoxy) is 3. The Bertz CT molecular complexity index is 745. The molecule has 0 unspecified atom stereocenters. The molecule has 0 radical (unpaired) electrons. The molecule has 0 aliphatic heterocycles. The number of benzene rings is 1. The molecule has 1 aromatic heterocycles. The van der Waals surface area contributed by atoms with Gasteiger partial charge >= 0.3 is 5.82 Å². The number of carbonyl (C=O) groups excluding carboxylic acids is 1. The smallest absolute Gasteiger partial charge is 0.389 e. The van der Waals surface area contributed by atoms with Crippen LogP contribution in [0.15, 0.2) is 30.5 Å². The zero-order chi connectivity index (χ0) is 18.2. The number of hydrogen-bond donors (Lipinski definition) is 1. The van der Waals surface area contributed by atoms with Crippen LogP contribution in [0, 0.1) is 10.1 Å². The van der Waals surface area contributed by atoms with E-state index in [9.17, 15) is 14.9 Å². The molecule has 0 spiro atoms. The van der Waals surface area contributed by atoms with Gasteiger partial charge in [0.1, 0.15) is 13.2 Å². The van der Waals surface area contributed by atoms with E-state index in [-0.39, 0.29) is 18.3 Å². The van der Waals surface area contributed by atoms with Crippen molar-refractivity contribution in [2.45, 2.75) is 6.54 Å². The summed E-state index contributed by atoms with van der Waals surface area (Å²) in [4.78, 5) is 22.0. The van der Waals surface area contributed by atoms with E-state index in [1.54, 1.807) is 25.3 Å². The monoisotopic (exact) mass is 350 g/mol. The van der Waals surface area contributed by atoms with Crippen molar-refractivity contribution < 1.29 is 23.9 Å². The van der Waals surface area contributed by atoms with Gasteiger partial charge in [0.2, 0.25) is 5.91 Å². The molecule has 0 fully saturated rings. The fourth-order valence-electron chi connectivity index (χ4n) is 1.99.